The van der Waals surface area contributed by atoms with Gasteiger partial charge in [0.05, 0.1) is 46.0 Å². The van der Waals surface area contributed by atoms with E-state index in [1.807, 2.05) is 0 Å². The summed E-state index contributed by atoms with van der Waals surface area (Å²) in [5.74, 6) is 1.38. The fourth-order valence-electron chi connectivity index (χ4n) is 3.44. The van der Waals surface area contributed by atoms with Gasteiger partial charge in [0.1, 0.15) is 5.75 Å². The van der Waals surface area contributed by atoms with Crippen molar-refractivity contribution < 1.29 is 23.9 Å². The van der Waals surface area contributed by atoms with Crippen molar-refractivity contribution in [2.75, 3.05) is 41.0 Å². The minimum absolute atomic E-state index is 0.153. The van der Waals surface area contributed by atoms with Crippen LogP contribution in [0.1, 0.15) is 43.0 Å². The number of likely N-dealkylation sites (tertiary alicyclic amines) is 1. The Bertz CT molecular complexity index is 577. The van der Waals surface area contributed by atoms with Crippen molar-refractivity contribution in [2.24, 2.45) is 0 Å². The van der Waals surface area contributed by atoms with E-state index in [1.165, 1.54) is 25.8 Å². The zero-order valence-electron chi connectivity index (χ0n) is 15.8. The number of carbonyl (C=O) groups excluding carboxylic acids is 1. The van der Waals surface area contributed by atoms with Gasteiger partial charge >= 0.3 is 0 Å². The maximum Gasteiger partial charge on any atom is 0.255 e. The summed E-state index contributed by atoms with van der Waals surface area (Å²) >= 11 is 0. The van der Waals surface area contributed by atoms with E-state index < -0.39 is 0 Å². The molecular formula is C19H31N2O4+. The van der Waals surface area contributed by atoms with E-state index in [1.54, 1.807) is 38.4 Å². The molecule has 0 radical (unpaired) electrons. The predicted octanol–water partition coefficient (Wildman–Crippen LogP) is 1.29. The first-order chi connectivity index (χ1) is 12.1. The van der Waals surface area contributed by atoms with Crippen LogP contribution < -0.4 is 24.4 Å². The number of hydrogen-bond donors (Lipinski definition) is 2. The molecule has 0 saturated carbocycles. The van der Waals surface area contributed by atoms with Gasteiger partial charge in [0, 0.05) is 25.1 Å². The van der Waals surface area contributed by atoms with E-state index in [4.69, 9.17) is 14.2 Å². The van der Waals surface area contributed by atoms with E-state index in [0.29, 0.717) is 29.4 Å². The van der Waals surface area contributed by atoms with Crippen molar-refractivity contribution in [3.8, 4) is 17.2 Å². The number of quaternary nitrogens is 1. The molecule has 1 aliphatic rings. The first kappa shape index (κ1) is 19.4. The summed E-state index contributed by atoms with van der Waals surface area (Å²) in [6.45, 7) is 5.33. The fourth-order valence-corrected chi connectivity index (χ4v) is 3.44. The Hall–Kier alpha value is -1.95. The summed E-state index contributed by atoms with van der Waals surface area (Å²) in [6, 6.07) is 4.06. The maximum atomic E-state index is 12.5. The number of rotatable bonds is 8. The molecule has 1 aromatic carbocycles. The van der Waals surface area contributed by atoms with Crippen LogP contribution >= 0.6 is 0 Å². The molecule has 1 amide bonds. The van der Waals surface area contributed by atoms with Crippen LogP contribution in [0.4, 0.5) is 0 Å². The van der Waals surface area contributed by atoms with Gasteiger partial charge in [-0.3, -0.25) is 4.79 Å². The van der Waals surface area contributed by atoms with Crippen LogP contribution in [0.5, 0.6) is 17.2 Å². The third-order valence-electron chi connectivity index (χ3n) is 4.99. The molecule has 140 valence electrons. The van der Waals surface area contributed by atoms with Crippen LogP contribution in [-0.4, -0.2) is 52.9 Å². The van der Waals surface area contributed by atoms with Gasteiger partial charge in [-0.2, -0.15) is 0 Å². The van der Waals surface area contributed by atoms with Crippen molar-refractivity contribution in [1.29, 1.82) is 0 Å². The number of carbonyl (C=O) groups is 1. The average Bonchev–Trinajstić information content (AvgIpc) is 2.65. The molecule has 6 nitrogen and oxygen atoms in total. The van der Waals surface area contributed by atoms with Crippen LogP contribution in [0.25, 0.3) is 0 Å². The van der Waals surface area contributed by atoms with E-state index in [9.17, 15) is 4.79 Å². The van der Waals surface area contributed by atoms with Gasteiger partial charge in [-0.15, -0.1) is 0 Å². The molecule has 1 saturated heterocycles. The zero-order chi connectivity index (χ0) is 18.2. The van der Waals surface area contributed by atoms with Gasteiger partial charge < -0.3 is 24.4 Å². The van der Waals surface area contributed by atoms with E-state index in [0.717, 1.165) is 19.0 Å². The van der Waals surface area contributed by atoms with Crippen molar-refractivity contribution in [3.63, 3.8) is 0 Å². The lowest BCUT2D eigenvalue weighted by molar-refractivity contribution is -0.928. The molecule has 1 fully saturated rings. The largest absolute Gasteiger partial charge is 0.496 e. The first-order valence-electron chi connectivity index (χ1n) is 9.03. The van der Waals surface area contributed by atoms with E-state index in [2.05, 4.69) is 12.2 Å². The van der Waals surface area contributed by atoms with E-state index >= 15 is 0 Å². The summed E-state index contributed by atoms with van der Waals surface area (Å²) in [5, 5.41) is 2.99. The molecule has 0 spiro atoms. The number of benzene rings is 1. The molecule has 0 aromatic heterocycles. The van der Waals surface area contributed by atoms with Gasteiger partial charge in [0.25, 0.3) is 5.91 Å². The standard InChI is InChI=1S/C19H30N2O4/c1-14-8-5-6-10-21(14)11-7-9-20-19(22)15-12-17(24-3)18(25-4)13-16(15)23-2/h12-14H,5-11H2,1-4H3,(H,20,22)/p+1/t14-/m0/s1. The molecule has 25 heavy (non-hydrogen) atoms. The Morgan fingerprint density at radius 2 is 1.80 bits per heavy atom. The molecule has 0 bridgehead atoms. The first-order valence-corrected chi connectivity index (χ1v) is 9.03. The van der Waals surface area contributed by atoms with Gasteiger partial charge in [0.15, 0.2) is 11.5 Å². The van der Waals surface area contributed by atoms with Crippen LogP contribution in [0.2, 0.25) is 0 Å². The fraction of sp³-hybridized carbons (Fsp3) is 0.632. The molecule has 1 heterocycles. The number of hydrogen-bond acceptors (Lipinski definition) is 4. The van der Waals surface area contributed by atoms with Crippen molar-refractivity contribution >= 4 is 5.91 Å². The zero-order valence-corrected chi connectivity index (χ0v) is 15.8. The van der Waals surface area contributed by atoms with Gasteiger partial charge in [-0.1, -0.05) is 0 Å². The Labute approximate surface area is 150 Å². The summed E-state index contributed by atoms with van der Waals surface area (Å²) in [5.41, 5.74) is 0.457. The lowest BCUT2D eigenvalue weighted by Crippen LogP contribution is -3.16. The minimum atomic E-state index is -0.153. The van der Waals surface area contributed by atoms with Gasteiger partial charge in [-0.05, 0) is 26.2 Å². The molecule has 1 aliphatic heterocycles. The summed E-state index contributed by atoms with van der Waals surface area (Å²) < 4.78 is 15.9. The highest BCUT2D eigenvalue weighted by Gasteiger charge is 2.21. The minimum Gasteiger partial charge on any atom is -0.496 e. The number of ether oxygens (including phenoxy) is 3. The van der Waals surface area contributed by atoms with Crippen LogP contribution in [0.3, 0.4) is 0 Å². The predicted molar refractivity (Wildman–Crippen MR) is 97.1 cm³/mol. The number of nitrogens with one attached hydrogen (secondary N) is 2. The molecular weight excluding hydrogens is 320 g/mol. The van der Waals surface area contributed by atoms with E-state index in [-0.39, 0.29) is 5.91 Å². The van der Waals surface area contributed by atoms with Gasteiger partial charge in [-0.25, -0.2) is 0 Å². The van der Waals surface area contributed by atoms with Gasteiger partial charge in [0.2, 0.25) is 0 Å². The number of amides is 1. The van der Waals surface area contributed by atoms with Crippen LogP contribution in [0, 0.1) is 0 Å². The number of piperidine rings is 1. The summed E-state index contributed by atoms with van der Waals surface area (Å²) in [4.78, 5) is 14.2. The van der Waals surface area contributed by atoms with Crippen molar-refractivity contribution in [2.45, 2.75) is 38.6 Å². The monoisotopic (exact) mass is 351 g/mol. The van der Waals surface area contributed by atoms with Crippen LogP contribution in [-0.2, 0) is 0 Å². The van der Waals surface area contributed by atoms with Crippen LogP contribution in [0.15, 0.2) is 12.1 Å². The lowest BCUT2D eigenvalue weighted by Gasteiger charge is -2.30. The summed E-state index contributed by atoms with van der Waals surface area (Å²) in [6.07, 6.45) is 4.95. The molecule has 2 N–H and O–H groups in total. The Morgan fingerprint density at radius 1 is 1.12 bits per heavy atom. The molecule has 0 aliphatic carbocycles. The quantitative estimate of drug-likeness (QED) is 0.693. The highest BCUT2D eigenvalue weighted by molar-refractivity contribution is 5.97. The highest BCUT2D eigenvalue weighted by Crippen LogP contribution is 2.34. The molecule has 2 atom stereocenters. The number of methoxy groups -OCH3 is 3. The molecule has 1 aromatic rings. The second kappa shape index (κ2) is 9.51. The SMILES string of the molecule is COc1cc(OC)c(C(=O)NCCC[NH+]2CCCC[C@@H]2C)cc1OC. The summed E-state index contributed by atoms with van der Waals surface area (Å²) in [7, 11) is 4.65. The normalized spacial score (nSPS) is 20.0. The van der Waals surface area contributed by atoms with Crippen molar-refractivity contribution in [3.05, 3.63) is 17.7 Å². The average molecular weight is 351 g/mol. The maximum absolute atomic E-state index is 12.5. The second-order valence-corrected chi connectivity index (χ2v) is 6.57. The molecule has 2 rings (SSSR count). The topological polar surface area (TPSA) is 61.2 Å². The third-order valence-corrected chi connectivity index (χ3v) is 4.99. The lowest BCUT2D eigenvalue weighted by atomic mass is 10.0. The highest BCUT2D eigenvalue weighted by atomic mass is 16.5. The van der Waals surface area contributed by atoms with Crippen molar-refractivity contribution in [1.82, 2.24) is 5.32 Å². The smallest absolute Gasteiger partial charge is 0.255 e. The molecule has 6 heteroatoms. The Morgan fingerprint density at radius 3 is 2.44 bits per heavy atom. The molecule has 1 unspecified atom stereocenters. The second-order valence-electron chi connectivity index (χ2n) is 6.57. The third kappa shape index (κ3) is 5.01. The Kier molecular flexibility index (Phi) is 7.37. The Balaban J connectivity index is 1.91.